The Morgan fingerprint density at radius 1 is 1.25 bits per heavy atom. The minimum atomic E-state index is -0.431. The van der Waals surface area contributed by atoms with E-state index in [0.717, 1.165) is 32.2 Å². The molecule has 0 aromatic carbocycles. The van der Waals surface area contributed by atoms with Crippen molar-refractivity contribution in [2.45, 2.75) is 31.7 Å². The fraction of sp³-hybridized carbons (Fsp3) is 0.769. The van der Waals surface area contributed by atoms with E-state index in [0.29, 0.717) is 6.54 Å². The van der Waals surface area contributed by atoms with Gasteiger partial charge in [-0.25, -0.2) is 4.79 Å². The van der Waals surface area contributed by atoms with Crippen LogP contribution in [0.2, 0.25) is 0 Å². The highest BCUT2D eigenvalue weighted by Crippen LogP contribution is 2.18. The molecule has 0 aromatic rings. The second kappa shape index (κ2) is 6.69. The Kier molecular flexibility index (Phi) is 4.94. The van der Waals surface area contributed by atoms with E-state index in [-0.39, 0.29) is 30.4 Å². The molecule has 1 saturated heterocycles. The third-order valence-electron chi connectivity index (χ3n) is 3.57. The molecule has 2 N–H and O–H groups in total. The summed E-state index contributed by atoms with van der Waals surface area (Å²) in [5.41, 5.74) is 0. The van der Waals surface area contributed by atoms with Crippen molar-refractivity contribution in [3.8, 4) is 0 Å². The van der Waals surface area contributed by atoms with E-state index in [1.54, 1.807) is 0 Å². The normalized spacial score (nSPS) is 22.9. The van der Waals surface area contributed by atoms with Crippen LogP contribution in [-0.4, -0.2) is 55.6 Å². The van der Waals surface area contributed by atoms with Gasteiger partial charge in [-0.3, -0.25) is 19.8 Å². The van der Waals surface area contributed by atoms with Gasteiger partial charge in [-0.1, -0.05) is 0 Å². The number of carbonyl (C=O) groups is 3. The maximum Gasteiger partial charge on any atom is 0.321 e. The van der Waals surface area contributed by atoms with Crippen molar-refractivity contribution in [2.24, 2.45) is 5.92 Å². The number of methoxy groups -OCH3 is 1. The van der Waals surface area contributed by atoms with Gasteiger partial charge in [0.1, 0.15) is 0 Å². The largest absolute Gasteiger partial charge is 0.469 e. The fourth-order valence-corrected chi connectivity index (χ4v) is 2.38. The van der Waals surface area contributed by atoms with Gasteiger partial charge in [-0.15, -0.1) is 0 Å². The Bertz CT molecular complexity index is 395. The molecule has 1 heterocycles. The van der Waals surface area contributed by atoms with Crippen LogP contribution in [0.4, 0.5) is 4.79 Å². The summed E-state index contributed by atoms with van der Waals surface area (Å²) >= 11 is 0. The van der Waals surface area contributed by atoms with E-state index in [1.807, 2.05) is 4.90 Å². The standard InChI is InChI=1S/C13H21N3O4/c1-20-12(18)9-3-2-6-16(7-9)8-11(17)15-13(19)14-10-4-5-10/h9-10H,2-8H2,1H3,(H2,14,15,17,19)/t9-/m0/s1. The Morgan fingerprint density at radius 3 is 2.65 bits per heavy atom. The maximum absolute atomic E-state index is 11.7. The molecule has 0 aromatic heterocycles. The van der Waals surface area contributed by atoms with E-state index in [1.165, 1.54) is 7.11 Å². The van der Waals surface area contributed by atoms with Crippen LogP contribution in [0.3, 0.4) is 0 Å². The molecule has 2 fully saturated rings. The fourth-order valence-electron chi connectivity index (χ4n) is 2.38. The van der Waals surface area contributed by atoms with Gasteiger partial charge in [0.2, 0.25) is 5.91 Å². The predicted molar refractivity (Wildman–Crippen MR) is 70.9 cm³/mol. The summed E-state index contributed by atoms with van der Waals surface area (Å²) in [7, 11) is 1.37. The predicted octanol–water partition coefficient (Wildman–Crippen LogP) is -0.140. The lowest BCUT2D eigenvalue weighted by Gasteiger charge is -2.30. The van der Waals surface area contributed by atoms with Gasteiger partial charge in [0, 0.05) is 12.6 Å². The molecule has 3 amide bonds. The van der Waals surface area contributed by atoms with Crippen LogP contribution in [0.1, 0.15) is 25.7 Å². The number of esters is 1. The molecule has 0 unspecified atom stereocenters. The number of nitrogens with zero attached hydrogens (tertiary/aromatic N) is 1. The summed E-state index contributed by atoms with van der Waals surface area (Å²) in [6, 6.07) is -0.208. The van der Waals surface area contributed by atoms with Crippen molar-refractivity contribution < 1.29 is 19.1 Å². The zero-order valence-corrected chi connectivity index (χ0v) is 11.7. The Morgan fingerprint density at radius 2 is 2.00 bits per heavy atom. The molecular formula is C13H21N3O4. The SMILES string of the molecule is COC(=O)[C@H]1CCCN(CC(=O)NC(=O)NC2CC2)C1. The van der Waals surface area contributed by atoms with Gasteiger partial charge < -0.3 is 10.1 Å². The third kappa shape index (κ3) is 4.48. The molecule has 2 rings (SSSR count). The number of imide groups is 1. The van der Waals surface area contributed by atoms with E-state index >= 15 is 0 Å². The molecule has 1 saturated carbocycles. The number of ether oxygens (including phenoxy) is 1. The monoisotopic (exact) mass is 283 g/mol. The Hall–Kier alpha value is -1.63. The van der Waals surface area contributed by atoms with Crippen LogP contribution < -0.4 is 10.6 Å². The molecule has 0 radical (unpaired) electrons. The van der Waals surface area contributed by atoms with E-state index in [4.69, 9.17) is 4.74 Å². The van der Waals surface area contributed by atoms with Gasteiger partial charge >= 0.3 is 12.0 Å². The number of piperidine rings is 1. The first kappa shape index (κ1) is 14.8. The second-order valence-corrected chi connectivity index (χ2v) is 5.39. The van der Waals surface area contributed by atoms with E-state index < -0.39 is 6.03 Å². The summed E-state index contributed by atoms with van der Waals surface area (Å²) < 4.78 is 4.73. The van der Waals surface area contributed by atoms with E-state index in [9.17, 15) is 14.4 Å². The number of hydrogen-bond acceptors (Lipinski definition) is 5. The van der Waals surface area contributed by atoms with Gasteiger partial charge in [0.25, 0.3) is 0 Å². The zero-order chi connectivity index (χ0) is 14.5. The van der Waals surface area contributed by atoms with Crippen LogP contribution in [-0.2, 0) is 14.3 Å². The van der Waals surface area contributed by atoms with Crippen molar-refractivity contribution in [3.05, 3.63) is 0 Å². The molecule has 1 aliphatic heterocycles. The highest BCUT2D eigenvalue weighted by Gasteiger charge is 2.28. The lowest BCUT2D eigenvalue weighted by Crippen LogP contribution is -2.48. The number of rotatable bonds is 4. The summed E-state index contributed by atoms with van der Waals surface area (Å²) in [6.45, 7) is 1.39. The number of likely N-dealkylation sites (tertiary alicyclic amines) is 1. The van der Waals surface area contributed by atoms with Gasteiger partial charge in [0.15, 0.2) is 0 Å². The smallest absolute Gasteiger partial charge is 0.321 e. The average Bonchev–Trinajstić information content (AvgIpc) is 3.21. The number of carbonyl (C=O) groups excluding carboxylic acids is 3. The minimum Gasteiger partial charge on any atom is -0.469 e. The molecule has 0 spiro atoms. The van der Waals surface area contributed by atoms with Crippen LogP contribution >= 0.6 is 0 Å². The van der Waals surface area contributed by atoms with Crippen LogP contribution in [0.25, 0.3) is 0 Å². The molecule has 7 nitrogen and oxygen atoms in total. The quantitative estimate of drug-likeness (QED) is 0.701. The molecule has 20 heavy (non-hydrogen) atoms. The number of amides is 3. The zero-order valence-electron chi connectivity index (χ0n) is 11.7. The molecular weight excluding hydrogens is 262 g/mol. The molecule has 7 heteroatoms. The first-order valence-electron chi connectivity index (χ1n) is 6.99. The topological polar surface area (TPSA) is 87.7 Å². The molecule has 2 aliphatic rings. The molecule has 1 aliphatic carbocycles. The third-order valence-corrected chi connectivity index (χ3v) is 3.57. The molecule has 1 atom stereocenters. The first-order chi connectivity index (χ1) is 9.58. The van der Waals surface area contributed by atoms with Crippen molar-refractivity contribution in [1.82, 2.24) is 15.5 Å². The molecule has 112 valence electrons. The Labute approximate surface area is 118 Å². The maximum atomic E-state index is 11.7. The van der Waals surface area contributed by atoms with Crippen LogP contribution in [0, 0.1) is 5.92 Å². The highest BCUT2D eigenvalue weighted by atomic mass is 16.5. The highest BCUT2D eigenvalue weighted by molar-refractivity contribution is 5.95. The summed E-state index contributed by atoms with van der Waals surface area (Å²) in [5, 5.41) is 5.00. The Balaban J connectivity index is 1.72. The van der Waals surface area contributed by atoms with Gasteiger partial charge in [-0.2, -0.15) is 0 Å². The van der Waals surface area contributed by atoms with Crippen molar-refractivity contribution >= 4 is 17.9 Å². The van der Waals surface area contributed by atoms with Crippen molar-refractivity contribution in [1.29, 1.82) is 0 Å². The number of nitrogens with one attached hydrogen (secondary N) is 2. The average molecular weight is 283 g/mol. The summed E-state index contributed by atoms with van der Waals surface area (Å²) in [5.74, 6) is -0.753. The van der Waals surface area contributed by atoms with E-state index in [2.05, 4.69) is 10.6 Å². The number of urea groups is 1. The minimum absolute atomic E-state index is 0.131. The number of hydrogen-bond donors (Lipinski definition) is 2. The lowest BCUT2D eigenvalue weighted by atomic mass is 9.98. The van der Waals surface area contributed by atoms with Crippen LogP contribution in [0.15, 0.2) is 0 Å². The lowest BCUT2D eigenvalue weighted by molar-refractivity contribution is -0.147. The summed E-state index contributed by atoms with van der Waals surface area (Å²) in [6.07, 6.45) is 3.59. The van der Waals surface area contributed by atoms with Crippen LogP contribution in [0.5, 0.6) is 0 Å². The van der Waals surface area contributed by atoms with Crippen molar-refractivity contribution in [2.75, 3.05) is 26.7 Å². The van der Waals surface area contributed by atoms with Gasteiger partial charge in [-0.05, 0) is 32.2 Å². The van der Waals surface area contributed by atoms with Gasteiger partial charge in [0.05, 0.1) is 19.6 Å². The molecule has 0 bridgehead atoms. The summed E-state index contributed by atoms with van der Waals surface area (Å²) in [4.78, 5) is 36.5. The second-order valence-electron chi connectivity index (χ2n) is 5.39. The first-order valence-corrected chi connectivity index (χ1v) is 6.99. The van der Waals surface area contributed by atoms with Crippen molar-refractivity contribution in [3.63, 3.8) is 0 Å².